The third kappa shape index (κ3) is 4.62. The van der Waals surface area contributed by atoms with Crippen molar-refractivity contribution in [1.29, 1.82) is 0 Å². The number of rotatable bonds is 6. The minimum Gasteiger partial charge on any atom is -0.297 e. The van der Waals surface area contributed by atoms with Crippen LogP contribution in [-0.4, -0.2) is 65.1 Å². The molecule has 0 bridgehead atoms. The Morgan fingerprint density at radius 3 is 2.32 bits per heavy atom. The number of hydrogen-bond acceptors (Lipinski definition) is 4. The lowest BCUT2D eigenvalue weighted by Crippen LogP contribution is -2.31. The largest absolute Gasteiger partial charge is 0.297 e. The van der Waals surface area contributed by atoms with Crippen LogP contribution in [0.15, 0.2) is 48.5 Å². The molecule has 0 aromatic heterocycles. The highest BCUT2D eigenvalue weighted by atomic mass is 32.2. The van der Waals surface area contributed by atoms with Crippen molar-refractivity contribution >= 4 is 11.8 Å². The molecule has 0 atom stereocenters. The molecular formula is C24H31N3S. The van der Waals surface area contributed by atoms with Crippen LogP contribution in [0.3, 0.4) is 0 Å². The highest BCUT2D eigenvalue weighted by Crippen LogP contribution is 2.29. The van der Waals surface area contributed by atoms with Crippen LogP contribution in [-0.2, 0) is 13.1 Å². The molecule has 2 aromatic rings. The maximum Gasteiger partial charge on any atom is 0.0513 e. The molecule has 1 aliphatic carbocycles. The number of hydrogen-bond donors (Lipinski definition) is 0. The molecular weight excluding hydrogens is 362 g/mol. The second-order valence-electron chi connectivity index (χ2n) is 8.52. The summed E-state index contributed by atoms with van der Waals surface area (Å²) in [6.07, 6.45) is 2.83. The molecule has 28 heavy (non-hydrogen) atoms. The highest BCUT2D eigenvalue weighted by Gasteiger charge is 2.33. The molecule has 3 fully saturated rings. The van der Waals surface area contributed by atoms with E-state index in [4.69, 9.17) is 0 Å². The van der Waals surface area contributed by atoms with Crippen LogP contribution in [0.1, 0.15) is 24.0 Å². The second kappa shape index (κ2) is 8.58. The van der Waals surface area contributed by atoms with Crippen molar-refractivity contribution in [2.75, 3.05) is 44.4 Å². The van der Waals surface area contributed by atoms with Crippen LogP contribution in [0.2, 0.25) is 0 Å². The van der Waals surface area contributed by atoms with Gasteiger partial charge in [-0.15, -0.1) is 0 Å². The molecule has 0 amide bonds. The molecule has 0 N–H and O–H groups in total. The Kier molecular flexibility index (Phi) is 5.73. The Hall–Kier alpha value is -1.33. The summed E-state index contributed by atoms with van der Waals surface area (Å²) in [6, 6.07) is 19.3. The summed E-state index contributed by atoms with van der Waals surface area (Å²) in [6.45, 7) is 8.23. The first kappa shape index (κ1) is 18.7. The van der Waals surface area contributed by atoms with Gasteiger partial charge in [0.15, 0.2) is 0 Å². The number of nitrogens with zero attached hydrogens (tertiary/aromatic N) is 3. The zero-order chi connectivity index (χ0) is 18.8. The first-order valence-electron chi connectivity index (χ1n) is 10.8. The van der Waals surface area contributed by atoms with Gasteiger partial charge < -0.3 is 0 Å². The van der Waals surface area contributed by atoms with Gasteiger partial charge in [0.05, 0.1) is 6.67 Å². The van der Waals surface area contributed by atoms with Gasteiger partial charge in [-0.1, -0.05) is 42.5 Å². The van der Waals surface area contributed by atoms with Crippen LogP contribution >= 0.6 is 11.8 Å². The van der Waals surface area contributed by atoms with Crippen molar-refractivity contribution in [3.63, 3.8) is 0 Å². The van der Waals surface area contributed by atoms with Crippen LogP contribution < -0.4 is 0 Å². The van der Waals surface area contributed by atoms with Gasteiger partial charge >= 0.3 is 0 Å². The molecule has 5 rings (SSSR count). The predicted molar refractivity (Wildman–Crippen MR) is 119 cm³/mol. The fourth-order valence-corrected chi connectivity index (χ4v) is 5.44. The molecule has 0 radical (unpaired) electrons. The van der Waals surface area contributed by atoms with E-state index >= 15 is 0 Å². The van der Waals surface area contributed by atoms with E-state index < -0.39 is 0 Å². The fraction of sp³-hybridized carbons (Fsp3) is 0.500. The van der Waals surface area contributed by atoms with Crippen molar-refractivity contribution in [1.82, 2.24) is 14.7 Å². The van der Waals surface area contributed by atoms with Crippen LogP contribution in [0, 0.1) is 0 Å². The first-order valence-corrected chi connectivity index (χ1v) is 11.9. The molecule has 0 spiro atoms. The molecule has 2 heterocycles. The number of benzene rings is 2. The van der Waals surface area contributed by atoms with E-state index in [-0.39, 0.29) is 0 Å². The monoisotopic (exact) mass is 393 g/mol. The zero-order valence-electron chi connectivity index (χ0n) is 16.7. The van der Waals surface area contributed by atoms with Gasteiger partial charge in [-0.2, -0.15) is 11.8 Å². The Labute approximate surface area is 173 Å². The quantitative estimate of drug-likeness (QED) is 0.729. The number of thioether (sulfide) groups is 1. The molecule has 148 valence electrons. The lowest BCUT2D eigenvalue weighted by Gasteiger charge is -2.26. The standard InChI is InChI=1S/C24H31N3S/c1-2-21(18-25-12-14-28-15-13-25)16-23(3-1)22-6-4-20(5-7-22)17-26-10-11-27(19-26)24-8-9-24/h1-7,16,24H,8-15,17-19H2. The molecule has 2 aromatic carbocycles. The predicted octanol–water partition coefficient (Wildman–Crippen LogP) is 4.14. The van der Waals surface area contributed by atoms with Gasteiger partial charge in [0.25, 0.3) is 0 Å². The lowest BCUT2D eigenvalue weighted by atomic mass is 10.0. The lowest BCUT2D eigenvalue weighted by molar-refractivity contribution is 0.234. The molecule has 3 aliphatic rings. The van der Waals surface area contributed by atoms with Crippen molar-refractivity contribution in [2.24, 2.45) is 0 Å². The Morgan fingerprint density at radius 1 is 0.750 bits per heavy atom. The fourth-order valence-electron chi connectivity index (χ4n) is 4.46. The van der Waals surface area contributed by atoms with E-state index in [9.17, 15) is 0 Å². The summed E-state index contributed by atoms with van der Waals surface area (Å²) in [4.78, 5) is 7.82. The SMILES string of the molecule is c1cc(CN2CCSCC2)cc(-c2ccc(CN3CCN(C4CC4)C3)cc2)c1. The van der Waals surface area contributed by atoms with Crippen LogP contribution in [0.5, 0.6) is 0 Å². The van der Waals surface area contributed by atoms with Crippen molar-refractivity contribution in [3.8, 4) is 11.1 Å². The van der Waals surface area contributed by atoms with Crippen LogP contribution in [0.4, 0.5) is 0 Å². The normalized spacial score (nSPS) is 22.0. The molecule has 0 unspecified atom stereocenters. The summed E-state index contributed by atoms with van der Waals surface area (Å²) < 4.78 is 0. The topological polar surface area (TPSA) is 9.72 Å². The third-order valence-electron chi connectivity index (χ3n) is 6.28. The summed E-state index contributed by atoms with van der Waals surface area (Å²) >= 11 is 2.08. The average Bonchev–Trinajstić information content (AvgIpc) is 3.49. The summed E-state index contributed by atoms with van der Waals surface area (Å²) in [5, 5.41) is 0. The maximum atomic E-state index is 2.65. The first-order chi connectivity index (χ1) is 13.8. The van der Waals surface area contributed by atoms with Crippen molar-refractivity contribution < 1.29 is 0 Å². The summed E-state index contributed by atoms with van der Waals surface area (Å²) in [7, 11) is 0. The molecule has 2 saturated heterocycles. The van der Waals surface area contributed by atoms with E-state index in [2.05, 4.69) is 75.0 Å². The average molecular weight is 394 g/mol. The Bertz CT molecular complexity index is 781. The Morgan fingerprint density at radius 2 is 1.54 bits per heavy atom. The van der Waals surface area contributed by atoms with E-state index in [1.807, 2.05) is 0 Å². The van der Waals surface area contributed by atoms with Crippen LogP contribution in [0.25, 0.3) is 11.1 Å². The zero-order valence-corrected chi connectivity index (χ0v) is 17.5. The van der Waals surface area contributed by atoms with Gasteiger partial charge in [0.1, 0.15) is 0 Å². The molecule has 3 nitrogen and oxygen atoms in total. The minimum atomic E-state index is 0.892. The smallest absolute Gasteiger partial charge is 0.0513 e. The second-order valence-corrected chi connectivity index (χ2v) is 9.75. The van der Waals surface area contributed by atoms with E-state index in [0.717, 1.165) is 25.8 Å². The maximum absolute atomic E-state index is 2.65. The minimum absolute atomic E-state index is 0.892. The van der Waals surface area contributed by atoms with Crippen molar-refractivity contribution in [2.45, 2.75) is 32.0 Å². The van der Waals surface area contributed by atoms with Crippen molar-refractivity contribution in [3.05, 3.63) is 59.7 Å². The van der Waals surface area contributed by atoms with Gasteiger partial charge in [0.2, 0.25) is 0 Å². The molecule has 1 saturated carbocycles. The van der Waals surface area contributed by atoms with E-state index in [1.165, 1.54) is 72.8 Å². The summed E-state index contributed by atoms with van der Waals surface area (Å²) in [5.74, 6) is 2.55. The summed E-state index contributed by atoms with van der Waals surface area (Å²) in [5.41, 5.74) is 5.55. The van der Waals surface area contributed by atoms with Gasteiger partial charge in [-0.25, -0.2) is 0 Å². The highest BCUT2D eigenvalue weighted by molar-refractivity contribution is 7.99. The molecule has 4 heteroatoms. The van der Waals surface area contributed by atoms with E-state index in [1.54, 1.807) is 0 Å². The van der Waals surface area contributed by atoms with Gasteiger partial charge in [-0.3, -0.25) is 14.7 Å². The molecule has 2 aliphatic heterocycles. The third-order valence-corrected chi connectivity index (χ3v) is 7.22. The van der Waals surface area contributed by atoms with Gasteiger partial charge in [0, 0.05) is 56.8 Å². The van der Waals surface area contributed by atoms with E-state index in [0.29, 0.717) is 0 Å². The van der Waals surface area contributed by atoms with Gasteiger partial charge in [-0.05, 0) is 41.2 Å². The Balaban J connectivity index is 1.21.